The maximum atomic E-state index is 8.89. The van der Waals surface area contributed by atoms with Crippen LogP contribution in [0.4, 0.5) is 0 Å². The van der Waals surface area contributed by atoms with Crippen molar-refractivity contribution in [2.24, 2.45) is 0 Å². The summed E-state index contributed by atoms with van der Waals surface area (Å²) in [7, 11) is 0. The molecule has 0 heterocycles. The third-order valence-corrected chi connectivity index (χ3v) is 2.24. The molecule has 2 N–H and O–H groups in total. The largest absolute Gasteiger partial charge is 0.479 e. The van der Waals surface area contributed by atoms with Crippen LogP contribution in [-0.2, 0) is 4.74 Å². The smallest absolute Gasteiger partial charge is 0.220 e. The van der Waals surface area contributed by atoms with Gasteiger partial charge in [-0.3, -0.25) is 0 Å². The lowest BCUT2D eigenvalue weighted by atomic mass is 10.4. The van der Waals surface area contributed by atoms with Gasteiger partial charge >= 0.3 is 0 Å². The van der Waals surface area contributed by atoms with E-state index < -0.39 is 6.10 Å². The molecule has 5 heteroatoms. The SMILES string of the molecule is CCOC(=S)SCC(O)CO. The maximum Gasteiger partial charge on any atom is 0.220 e. The Labute approximate surface area is 75.7 Å². The molecule has 0 aliphatic carbocycles. The molecule has 0 amide bonds. The number of aliphatic hydroxyl groups is 2. The minimum Gasteiger partial charge on any atom is -0.479 e. The van der Waals surface area contributed by atoms with Crippen LogP contribution in [0, 0.1) is 0 Å². The van der Waals surface area contributed by atoms with Gasteiger partial charge in [0.1, 0.15) is 0 Å². The summed E-state index contributed by atoms with van der Waals surface area (Å²) in [5.41, 5.74) is 0. The van der Waals surface area contributed by atoms with Crippen molar-refractivity contribution in [3.63, 3.8) is 0 Å². The average molecular weight is 196 g/mol. The number of hydrogen-bond acceptors (Lipinski definition) is 5. The van der Waals surface area contributed by atoms with Crippen molar-refractivity contribution in [3.8, 4) is 0 Å². The molecule has 0 aromatic carbocycles. The summed E-state index contributed by atoms with van der Waals surface area (Å²) in [6, 6.07) is 0. The van der Waals surface area contributed by atoms with Crippen molar-refractivity contribution >= 4 is 28.4 Å². The van der Waals surface area contributed by atoms with Crippen molar-refractivity contribution in [2.45, 2.75) is 13.0 Å². The van der Waals surface area contributed by atoms with E-state index in [2.05, 4.69) is 0 Å². The second kappa shape index (κ2) is 6.84. The molecule has 0 saturated carbocycles. The molecule has 3 nitrogen and oxygen atoms in total. The van der Waals surface area contributed by atoms with Crippen LogP contribution in [-0.4, -0.2) is 39.7 Å². The van der Waals surface area contributed by atoms with Crippen LogP contribution in [0.25, 0.3) is 0 Å². The van der Waals surface area contributed by atoms with E-state index in [4.69, 9.17) is 27.2 Å². The van der Waals surface area contributed by atoms with Crippen LogP contribution in [0.1, 0.15) is 6.92 Å². The van der Waals surface area contributed by atoms with E-state index in [1.165, 1.54) is 11.8 Å². The molecule has 0 aromatic heterocycles. The summed E-state index contributed by atoms with van der Waals surface area (Å²) in [5, 5.41) is 17.3. The lowest BCUT2D eigenvalue weighted by molar-refractivity contribution is 0.113. The van der Waals surface area contributed by atoms with E-state index in [1.807, 2.05) is 6.92 Å². The van der Waals surface area contributed by atoms with Gasteiger partial charge in [0, 0.05) is 5.75 Å². The lowest BCUT2D eigenvalue weighted by Crippen LogP contribution is -2.16. The van der Waals surface area contributed by atoms with Gasteiger partial charge in [-0.15, -0.1) is 0 Å². The summed E-state index contributed by atoms with van der Waals surface area (Å²) < 4.78 is 5.36. The summed E-state index contributed by atoms with van der Waals surface area (Å²) >= 11 is 6.00. The van der Waals surface area contributed by atoms with Crippen LogP contribution >= 0.6 is 24.0 Å². The summed E-state index contributed by atoms with van der Waals surface area (Å²) in [5.74, 6) is 0.384. The molecule has 0 rings (SSSR count). The summed E-state index contributed by atoms with van der Waals surface area (Å²) in [4.78, 5) is 0. The van der Waals surface area contributed by atoms with Crippen molar-refractivity contribution in [1.82, 2.24) is 0 Å². The molecule has 11 heavy (non-hydrogen) atoms. The van der Waals surface area contributed by atoms with Gasteiger partial charge in [-0.25, -0.2) is 0 Å². The first-order valence-electron chi connectivity index (χ1n) is 3.29. The average Bonchev–Trinajstić information content (AvgIpc) is 2.01. The molecular formula is C6H12O3S2. The van der Waals surface area contributed by atoms with Gasteiger partial charge < -0.3 is 14.9 Å². The molecule has 1 atom stereocenters. The predicted molar refractivity (Wildman–Crippen MR) is 49.8 cm³/mol. The quantitative estimate of drug-likeness (QED) is 0.637. The molecule has 0 radical (unpaired) electrons. The molecule has 0 fully saturated rings. The fourth-order valence-corrected chi connectivity index (χ4v) is 1.33. The Kier molecular flexibility index (Phi) is 6.94. The van der Waals surface area contributed by atoms with Crippen molar-refractivity contribution in [3.05, 3.63) is 0 Å². The zero-order valence-electron chi connectivity index (χ0n) is 6.32. The fourth-order valence-electron chi connectivity index (χ4n) is 0.376. The first kappa shape index (κ1) is 11.2. The number of thiocarbonyl (C=S) groups is 1. The van der Waals surface area contributed by atoms with E-state index >= 15 is 0 Å². The third-order valence-electron chi connectivity index (χ3n) is 0.867. The van der Waals surface area contributed by atoms with Gasteiger partial charge in [0.15, 0.2) is 0 Å². The Balaban J connectivity index is 3.30. The zero-order valence-corrected chi connectivity index (χ0v) is 7.95. The van der Waals surface area contributed by atoms with E-state index in [9.17, 15) is 0 Å². The van der Waals surface area contributed by atoms with Crippen LogP contribution < -0.4 is 0 Å². The highest BCUT2D eigenvalue weighted by atomic mass is 32.2. The lowest BCUT2D eigenvalue weighted by Gasteiger charge is -2.06. The first-order valence-corrected chi connectivity index (χ1v) is 4.68. The fraction of sp³-hybridized carbons (Fsp3) is 0.833. The summed E-state index contributed by atoms with van der Waals surface area (Å²) in [6.07, 6.45) is -0.710. The Bertz CT molecular complexity index is 118. The first-order chi connectivity index (χ1) is 5.20. The number of ether oxygens (including phenoxy) is 1. The van der Waals surface area contributed by atoms with Crippen LogP contribution in [0.5, 0.6) is 0 Å². The van der Waals surface area contributed by atoms with Gasteiger partial charge in [0.25, 0.3) is 0 Å². The normalized spacial score (nSPS) is 12.6. The standard InChI is InChI=1S/C6H12O3S2/c1-2-9-6(10)11-4-5(8)3-7/h5,7-8H,2-4H2,1H3. The van der Waals surface area contributed by atoms with Crippen molar-refractivity contribution in [1.29, 1.82) is 0 Å². The van der Waals surface area contributed by atoms with Gasteiger partial charge in [0.2, 0.25) is 4.38 Å². The Morgan fingerprint density at radius 2 is 2.36 bits per heavy atom. The molecule has 66 valence electrons. The minimum absolute atomic E-state index is 0.234. The molecule has 0 bridgehead atoms. The number of hydrogen-bond donors (Lipinski definition) is 2. The Morgan fingerprint density at radius 1 is 1.73 bits per heavy atom. The maximum absolute atomic E-state index is 8.89. The number of rotatable bonds is 4. The molecule has 0 aliphatic heterocycles. The van der Waals surface area contributed by atoms with Crippen LogP contribution in [0.2, 0.25) is 0 Å². The minimum atomic E-state index is -0.710. The van der Waals surface area contributed by atoms with Gasteiger partial charge in [0.05, 0.1) is 19.3 Å². The van der Waals surface area contributed by atoms with Gasteiger partial charge in [-0.05, 0) is 19.1 Å². The monoisotopic (exact) mass is 196 g/mol. The molecule has 0 aromatic rings. The summed E-state index contributed by atoms with van der Waals surface area (Å²) in [6.45, 7) is 2.15. The predicted octanol–water partition coefficient (Wildman–Crippen LogP) is 0.394. The Morgan fingerprint density at radius 3 is 2.82 bits per heavy atom. The van der Waals surface area contributed by atoms with Gasteiger partial charge in [-0.2, -0.15) is 0 Å². The second-order valence-corrected chi connectivity index (χ2v) is 3.45. The topological polar surface area (TPSA) is 49.7 Å². The molecular weight excluding hydrogens is 184 g/mol. The van der Waals surface area contributed by atoms with E-state index in [0.717, 1.165) is 0 Å². The molecule has 0 saturated heterocycles. The van der Waals surface area contributed by atoms with E-state index in [0.29, 0.717) is 16.7 Å². The van der Waals surface area contributed by atoms with Gasteiger partial charge in [-0.1, -0.05) is 11.8 Å². The highest BCUT2D eigenvalue weighted by molar-refractivity contribution is 8.22. The number of aliphatic hydroxyl groups excluding tert-OH is 2. The van der Waals surface area contributed by atoms with Crippen LogP contribution in [0.15, 0.2) is 0 Å². The van der Waals surface area contributed by atoms with Crippen molar-refractivity contribution in [2.75, 3.05) is 19.0 Å². The Hall–Kier alpha value is 0.160. The highest BCUT2D eigenvalue weighted by Gasteiger charge is 2.04. The van der Waals surface area contributed by atoms with E-state index in [-0.39, 0.29) is 6.61 Å². The third kappa shape index (κ3) is 6.55. The molecule has 1 unspecified atom stereocenters. The highest BCUT2D eigenvalue weighted by Crippen LogP contribution is 2.07. The second-order valence-electron chi connectivity index (χ2n) is 1.83. The molecule has 0 aliphatic rings. The van der Waals surface area contributed by atoms with Crippen LogP contribution in [0.3, 0.4) is 0 Å². The van der Waals surface area contributed by atoms with Crippen molar-refractivity contribution < 1.29 is 14.9 Å². The molecule has 0 spiro atoms. The number of thioether (sulfide) groups is 1. The zero-order chi connectivity index (χ0) is 8.69. The van der Waals surface area contributed by atoms with E-state index in [1.54, 1.807) is 0 Å².